The summed E-state index contributed by atoms with van der Waals surface area (Å²) in [5.74, 6) is -1.73. The minimum Gasteiger partial charge on any atom is -0.486 e. The highest BCUT2D eigenvalue weighted by Gasteiger charge is 2.27. The third-order valence-electron chi connectivity index (χ3n) is 2.84. The molecule has 1 aromatic carbocycles. The number of hydrogen-bond acceptors (Lipinski definition) is 5. The van der Waals surface area contributed by atoms with E-state index in [0.29, 0.717) is 30.3 Å². The monoisotopic (exact) mass is 297 g/mol. The molecule has 3 rings (SSSR count). The summed E-state index contributed by atoms with van der Waals surface area (Å²) >= 11 is 0. The molecule has 110 valence electrons. The lowest BCUT2D eigenvalue weighted by Gasteiger charge is -2.18. The van der Waals surface area contributed by atoms with Crippen molar-refractivity contribution in [2.45, 2.75) is 6.43 Å². The number of benzene rings is 1. The zero-order valence-corrected chi connectivity index (χ0v) is 10.5. The summed E-state index contributed by atoms with van der Waals surface area (Å²) in [6, 6.07) is 4.61. The second-order valence-electron chi connectivity index (χ2n) is 4.20. The third-order valence-corrected chi connectivity index (χ3v) is 2.84. The molecule has 0 amide bonds. The molecule has 2 aromatic rings. The summed E-state index contributed by atoms with van der Waals surface area (Å²) in [6.07, 6.45) is -3.04. The van der Waals surface area contributed by atoms with Gasteiger partial charge in [-0.2, -0.15) is 0 Å². The Hall–Kier alpha value is -2.64. The van der Waals surface area contributed by atoms with Crippen LogP contribution in [0.15, 0.2) is 22.6 Å². The number of halogens is 2. The Morgan fingerprint density at radius 1 is 1.24 bits per heavy atom. The van der Waals surface area contributed by atoms with Crippen LogP contribution in [0, 0.1) is 0 Å². The highest BCUT2D eigenvalue weighted by molar-refractivity contribution is 5.86. The maximum atomic E-state index is 12.8. The maximum absolute atomic E-state index is 12.8. The number of carbonyl (C=O) groups is 1. The van der Waals surface area contributed by atoms with Gasteiger partial charge in [0.1, 0.15) is 13.2 Å². The largest absolute Gasteiger partial charge is 0.486 e. The summed E-state index contributed by atoms with van der Waals surface area (Å²) in [5.41, 5.74) is -0.568. The summed E-state index contributed by atoms with van der Waals surface area (Å²) < 4.78 is 41.1. The number of carboxylic acid groups (broad SMARTS) is 1. The van der Waals surface area contributed by atoms with Gasteiger partial charge in [-0.15, -0.1) is 0 Å². The number of oxazole rings is 1. The molecule has 1 aliphatic heterocycles. The van der Waals surface area contributed by atoms with E-state index in [0.717, 1.165) is 0 Å². The average Bonchev–Trinajstić information content (AvgIpc) is 2.92. The average molecular weight is 297 g/mol. The fourth-order valence-corrected chi connectivity index (χ4v) is 1.93. The van der Waals surface area contributed by atoms with E-state index in [1.165, 1.54) is 12.1 Å². The van der Waals surface area contributed by atoms with Crippen molar-refractivity contribution in [1.29, 1.82) is 0 Å². The van der Waals surface area contributed by atoms with Crippen molar-refractivity contribution < 1.29 is 32.6 Å². The predicted molar refractivity (Wildman–Crippen MR) is 64.8 cm³/mol. The van der Waals surface area contributed by atoms with Crippen molar-refractivity contribution in [3.63, 3.8) is 0 Å². The highest BCUT2D eigenvalue weighted by Crippen LogP contribution is 2.35. The SMILES string of the molecule is O=C(O)c1oc(-c2ccc3c(c2)OCCO3)nc1C(F)F. The Bertz CT molecular complexity index is 698. The molecule has 0 saturated carbocycles. The van der Waals surface area contributed by atoms with E-state index in [4.69, 9.17) is 19.0 Å². The van der Waals surface area contributed by atoms with E-state index in [9.17, 15) is 13.6 Å². The molecule has 0 unspecified atom stereocenters. The topological polar surface area (TPSA) is 81.8 Å². The molecule has 0 bridgehead atoms. The molecule has 0 atom stereocenters. The van der Waals surface area contributed by atoms with Gasteiger partial charge in [-0.3, -0.25) is 0 Å². The van der Waals surface area contributed by atoms with Crippen LogP contribution in [0.4, 0.5) is 8.78 Å². The lowest BCUT2D eigenvalue weighted by atomic mass is 10.2. The number of hydrogen-bond donors (Lipinski definition) is 1. The summed E-state index contributed by atoms with van der Waals surface area (Å²) in [5, 5.41) is 8.86. The Labute approximate surface area is 116 Å². The minimum absolute atomic E-state index is 0.209. The molecule has 0 saturated heterocycles. The maximum Gasteiger partial charge on any atom is 0.374 e. The van der Waals surface area contributed by atoms with Crippen LogP contribution in [0.1, 0.15) is 22.7 Å². The van der Waals surface area contributed by atoms with E-state index < -0.39 is 23.8 Å². The lowest BCUT2D eigenvalue weighted by molar-refractivity contribution is 0.0647. The zero-order valence-electron chi connectivity index (χ0n) is 10.5. The first-order chi connectivity index (χ1) is 10.1. The molecular weight excluding hydrogens is 288 g/mol. The number of carboxylic acids is 1. The van der Waals surface area contributed by atoms with E-state index in [-0.39, 0.29) is 5.89 Å². The number of aromatic nitrogens is 1. The second kappa shape index (κ2) is 5.04. The smallest absolute Gasteiger partial charge is 0.374 e. The molecular formula is C13H9F2NO5. The van der Waals surface area contributed by atoms with E-state index in [2.05, 4.69) is 4.98 Å². The Kier molecular flexibility index (Phi) is 3.20. The summed E-state index contributed by atoms with van der Waals surface area (Å²) in [7, 11) is 0. The van der Waals surface area contributed by atoms with Crippen LogP contribution in [0.5, 0.6) is 11.5 Å². The molecule has 21 heavy (non-hydrogen) atoms. The Morgan fingerprint density at radius 2 is 1.95 bits per heavy atom. The van der Waals surface area contributed by atoms with Gasteiger partial charge in [-0.1, -0.05) is 0 Å². The van der Waals surface area contributed by atoms with Gasteiger partial charge in [-0.05, 0) is 18.2 Å². The van der Waals surface area contributed by atoms with Crippen LogP contribution in [0.25, 0.3) is 11.5 Å². The number of nitrogens with zero attached hydrogens (tertiary/aromatic N) is 1. The van der Waals surface area contributed by atoms with Crippen LogP contribution >= 0.6 is 0 Å². The molecule has 1 N–H and O–H groups in total. The van der Waals surface area contributed by atoms with Crippen LogP contribution < -0.4 is 9.47 Å². The van der Waals surface area contributed by atoms with E-state index in [1.54, 1.807) is 6.07 Å². The molecule has 0 aliphatic carbocycles. The number of fused-ring (bicyclic) bond motifs is 1. The van der Waals surface area contributed by atoms with Gasteiger partial charge in [0.2, 0.25) is 11.7 Å². The van der Waals surface area contributed by atoms with Crippen molar-refractivity contribution >= 4 is 5.97 Å². The van der Waals surface area contributed by atoms with Crippen molar-refractivity contribution in [2.75, 3.05) is 13.2 Å². The van der Waals surface area contributed by atoms with Gasteiger partial charge in [0.15, 0.2) is 17.2 Å². The molecule has 0 radical (unpaired) electrons. The van der Waals surface area contributed by atoms with Crippen LogP contribution in [0.2, 0.25) is 0 Å². The number of rotatable bonds is 3. The van der Waals surface area contributed by atoms with Crippen molar-refractivity contribution in [3.8, 4) is 23.0 Å². The summed E-state index contributed by atoms with van der Waals surface area (Å²) in [4.78, 5) is 14.4. The van der Waals surface area contributed by atoms with Crippen LogP contribution in [-0.4, -0.2) is 29.3 Å². The van der Waals surface area contributed by atoms with Crippen LogP contribution in [0.3, 0.4) is 0 Å². The lowest BCUT2D eigenvalue weighted by Crippen LogP contribution is -2.15. The van der Waals surface area contributed by atoms with Crippen molar-refractivity contribution in [2.24, 2.45) is 0 Å². The van der Waals surface area contributed by atoms with Gasteiger partial charge in [-0.25, -0.2) is 18.6 Å². The molecule has 1 aliphatic rings. The molecule has 2 heterocycles. The number of aromatic carboxylic acids is 1. The fourth-order valence-electron chi connectivity index (χ4n) is 1.93. The standard InChI is InChI=1S/C13H9F2NO5/c14-11(15)9-10(13(17)18)21-12(16-9)6-1-2-7-8(5-6)20-4-3-19-7/h1-2,5,11H,3-4H2,(H,17,18). The first kappa shape index (κ1) is 13.3. The van der Waals surface area contributed by atoms with Gasteiger partial charge in [0.25, 0.3) is 6.43 Å². The third kappa shape index (κ3) is 2.39. The quantitative estimate of drug-likeness (QED) is 0.938. The summed E-state index contributed by atoms with van der Waals surface area (Å²) in [6.45, 7) is 0.786. The van der Waals surface area contributed by atoms with Crippen molar-refractivity contribution in [3.05, 3.63) is 29.7 Å². The van der Waals surface area contributed by atoms with Gasteiger partial charge in [0.05, 0.1) is 0 Å². The van der Waals surface area contributed by atoms with Crippen molar-refractivity contribution in [1.82, 2.24) is 4.98 Å². The van der Waals surface area contributed by atoms with Gasteiger partial charge >= 0.3 is 5.97 Å². The first-order valence-electron chi connectivity index (χ1n) is 5.98. The fraction of sp³-hybridized carbons (Fsp3) is 0.231. The van der Waals surface area contributed by atoms with E-state index >= 15 is 0 Å². The Morgan fingerprint density at radius 3 is 2.57 bits per heavy atom. The van der Waals surface area contributed by atoms with Crippen LogP contribution in [-0.2, 0) is 0 Å². The second-order valence-corrected chi connectivity index (χ2v) is 4.20. The first-order valence-corrected chi connectivity index (χ1v) is 5.98. The zero-order chi connectivity index (χ0) is 15.0. The number of ether oxygens (including phenoxy) is 2. The highest BCUT2D eigenvalue weighted by atomic mass is 19.3. The van der Waals surface area contributed by atoms with Gasteiger partial charge in [0, 0.05) is 5.56 Å². The Balaban J connectivity index is 2.04. The molecule has 1 aromatic heterocycles. The van der Waals surface area contributed by atoms with E-state index in [1.807, 2.05) is 0 Å². The molecule has 0 fully saturated rings. The number of alkyl halides is 2. The molecule has 0 spiro atoms. The molecule has 8 heteroatoms. The normalized spacial score (nSPS) is 13.5. The minimum atomic E-state index is -3.04. The van der Waals surface area contributed by atoms with Gasteiger partial charge < -0.3 is 19.0 Å². The predicted octanol–water partition coefficient (Wildman–Crippen LogP) is 2.75. The molecule has 6 nitrogen and oxygen atoms in total.